The molecule has 1 N–H and O–H groups in total. The largest absolute Gasteiger partial charge is 0.462 e. The van der Waals surface area contributed by atoms with Gasteiger partial charge >= 0.3 is 5.97 Å². The predicted octanol–water partition coefficient (Wildman–Crippen LogP) is 4.07. The first-order valence-corrected chi connectivity index (χ1v) is 7.59. The zero-order valence-electron chi connectivity index (χ0n) is 10.9. The number of hydrogen-bond acceptors (Lipinski definition) is 5. The third kappa shape index (κ3) is 4.34. The number of nitrogens with one attached hydrogen (secondary N) is 1. The van der Waals surface area contributed by atoms with Crippen molar-refractivity contribution in [2.75, 3.05) is 18.2 Å². The van der Waals surface area contributed by atoms with E-state index in [4.69, 9.17) is 33.2 Å². The number of nitrogens with zero attached hydrogens (tertiary/aromatic N) is 1. The summed E-state index contributed by atoms with van der Waals surface area (Å²) in [7, 11) is 0. The van der Waals surface area contributed by atoms with Gasteiger partial charge < -0.3 is 10.1 Å². The van der Waals surface area contributed by atoms with E-state index in [1.165, 1.54) is 11.8 Å². The highest BCUT2D eigenvalue weighted by Gasteiger charge is 2.16. The van der Waals surface area contributed by atoms with E-state index < -0.39 is 5.97 Å². The van der Waals surface area contributed by atoms with Crippen LogP contribution in [-0.4, -0.2) is 18.8 Å². The van der Waals surface area contributed by atoms with Crippen molar-refractivity contribution in [1.82, 2.24) is 0 Å². The van der Waals surface area contributed by atoms with E-state index in [1.54, 1.807) is 31.4 Å². The average molecular weight is 331 g/mol. The summed E-state index contributed by atoms with van der Waals surface area (Å²) in [6.07, 6.45) is 1.75. The maximum Gasteiger partial charge on any atom is 0.351 e. The van der Waals surface area contributed by atoms with Crippen LogP contribution in [0, 0.1) is 11.3 Å². The lowest BCUT2D eigenvalue weighted by Gasteiger charge is -2.11. The Morgan fingerprint density at radius 2 is 2.15 bits per heavy atom. The summed E-state index contributed by atoms with van der Waals surface area (Å²) in [4.78, 5) is 11.7. The quantitative estimate of drug-likeness (QED) is 0.501. The third-order valence-electron chi connectivity index (χ3n) is 2.20. The molecule has 0 radical (unpaired) electrons. The molecule has 0 aliphatic rings. The van der Waals surface area contributed by atoms with Gasteiger partial charge in [0, 0.05) is 5.69 Å². The summed E-state index contributed by atoms with van der Waals surface area (Å²) in [5, 5.41) is 13.3. The highest BCUT2D eigenvalue weighted by molar-refractivity contribution is 8.02. The van der Waals surface area contributed by atoms with E-state index in [-0.39, 0.29) is 12.2 Å². The molecule has 106 valence electrons. The van der Waals surface area contributed by atoms with E-state index in [9.17, 15) is 4.79 Å². The Labute approximate surface area is 131 Å². The maximum absolute atomic E-state index is 11.7. The molecule has 1 aromatic carbocycles. The fraction of sp³-hybridized carbons (Fsp3) is 0.231. The minimum absolute atomic E-state index is 0.0783. The van der Waals surface area contributed by atoms with E-state index in [0.717, 1.165) is 0 Å². The second kappa shape index (κ2) is 8.05. The molecule has 0 bridgehead atoms. The van der Waals surface area contributed by atoms with Crippen LogP contribution in [0.1, 0.15) is 6.92 Å². The van der Waals surface area contributed by atoms with E-state index >= 15 is 0 Å². The lowest BCUT2D eigenvalue weighted by atomic mass is 10.3. The lowest BCUT2D eigenvalue weighted by molar-refractivity contribution is -0.138. The van der Waals surface area contributed by atoms with Crippen LogP contribution in [0.15, 0.2) is 28.8 Å². The minimum atomic E-state index is -0.660. The zero-order valence-corrected chi connectivity index (χ0v) is 13.2. The number of rotatable bonds is 5. The molecule has 20 heavy (non-hydrogen) atoms. The molecule has 0 fully saturated rings. The Bertz CT molecular complexity index is 582. The molecule has 0 aliphatic heterocycles. The topological polar surface area (TPSA) is 62.1 Å². The predicted molar refractivity (Wildman–Crippen MR) is 82.9 cm³/mol. The Kier molecular flexibility index (Phi) is 6.73. The number of esters is 1. The molecule has 0 spiro atoms. The summed E-state index contributed by atoms with van der Waals surface area (Å²) in [6.45, 7) is 1.89. The summed E-state index contributed by atoms with van der Waals surface area (Å²) in [5.74, 6) is -0.660. The van der Waals surface area contributed by atoms with Gasteiger partial charge in [0.25, 0.3) is 0 Å². The molecule has 0 unspecified atom stereocenters. The molecule has 0 saturated heterocycles. The number of anilines is 1. The van der Waals surface area contributed by atoms with Gasteiger partial charge in [-0.25, -0.2) is 4.79 Å². The van der Waals surface area contributed by atoms with Gasteiger partial charge in [0.1, 0.15) is 6.07 Å². The molecule has 0 heterocycles. The Hall–Kier alpha value is -1.35. The van der Waals surface area contributed by atoms with Crippen molar-refractivity contribution >= 4 is 46.6 Å². The number of carbonyl (C=O) groups is 1. The van der Waals surface area contributed by atoms with Gasteiger partial charge in [-0.3, -0.25) is 0 Å². The molecule has 4 nitrogen and oxygen atoms in total. The first-order valence-electron chi connectivity index (χ1n) is 5.61. The second-order valence-corrected chi connectivity index (χ2v) is 5.13. The third-order valence-corrected chi connectivity index (χ3v) is 3.65. The fourth-order valence-corrected chi connectivity index (χ4v) is 2.16. The minimum Gasteiger partial charge on any atom is -0.462 e. The molecule has 0 amide bonds. The lowest BCUT2D eigenvalue weighted by Crippen LogP contribution is -2.11. The number of halogens is 2. The van der Waals surface area contributed by atoms with Gasteiger partial charge in [-0.05, 0) is 31.4 Å². The molecule has 7 heteroatoms. The zero-order chi connectivity index (χ0) is 15.1. The molecular weight excluding hydrogens is 319 g/mol. The Balaban J connectivity index is 3.08. The molecule has 0 atom stereocenters. The summed E-state index contributed by atoms with van der Waals surface area (Å²) < 4.78 is 4.84. The number of carbonyl (C=O) groups excluding carboxylic acids is 1. The average Bonchev–Trinajstić information content (AvgIpc) is 2.42. The normalized spacial score (nSPS) is 11.3. The molecule has 0 saturated carbocycles. The van der Waals surface area contributed by atoms with E-state index in [2.05, 4.69) is 5.32 Å². The molecule has 1 aromatic rings. The van der Waals surface area contributed by atoms with Crippen LogP contribution in [0.25, 0.3) is 0 Å². The van der Waals surface area contributed by atoms with Gasteiger partial charge in [0.15, 0.2) is 5.57 Å². The SMILES string of the molecule is CCOC(=O)/C(C#N)=C(/Nc1ccc(Cl)c(Cl)c1)SC. The van der Waals surface area contributed by atoms with Gasteiger partial charge in [0.2, 0.25) is 0 Å². The molecular formula is C13H12Cl2N2O2S. The number of ether oxygens (including phenoxy) is 1. The summed E-state index contributed by atoms with van der Waals surface area (Å²) >= 11 is 13.0. The van der Waals surface area contributed by atoms with Crippen LogP contribution in [-0.2, 0) is 9.53 Å². The standard InChI is InChI=1S/C13H12Cl2N2O2S/c1-3-19-13(18)9(7-16)12(20-2)17-8-4-5-10(14)11(15)6-8/h4-6,17H,3H2,1-2H3/b12-9-. The van der Waals surface area contributed by atoms with Crippen LogP contribution in [0.4, 0.5) is 5.69 Å². The van der Waals surface area contributed by atoms with Crippen molar-refractivity contribution < 1.29 is 9.53 Å². The number of thioether (sulfide) groups is 1. The number of benzene rings is 1. The Morgan fingerprint density at radius 1 is 1.45 bits per heavy atom. The van der Waals surface area contributed by atoms with Crippen molar-refractivity contribution in [3.05, 3.63) is 38.8 Å². The van der Waals surface area contributed by atoms with Crippen LogP contribution in [0.5, 0.6) is 0 Å². The van der Waals surface area contributed by atoms with Crippen LogP contribution < -0.4 is 5.32 Å². The van der Waals surface area contributed by atoms with Gasteiger partial charge in [-0.15, -0.1) is 11.8 Å². The molecule has 0 aliphatic carbocycles. The van der Waals surface area contributed by atoms with E-state index in [1.807, 2.05) is 6.07 Å². The van der Waals surface area contributed by atoms with Crippen LogP contribution in [0.3, 0.4) is 0 Å². The van der Waals surface area contributed by atoms with Crippen LogP contribution >= 0.6 is 35.0 Å². The maximum atomic E-state index is 11.7. The van der Waals surface area contributed by atoms with Gasteiger partial charge in [-0.1, -0.05) is 23.2 Å². The smallest absolute Gasteiger partial charge is 0.351 e. The second-order valence-electron chi connectivity index (χ2n) is 3.49. The number of hydrogen-bond donors (Lipinski definition) is 1. The van der Waals surface area contributed by atoms with Gasteiger partial charge in [-0.2, -0.15) is 5.26 Å². The number of nitriles is 1. The highest BCUT2D eigenvalue weighted by atomic mass is 35.5. The van der Waals surface area contributed by atoms with Crippen molar-refractivity contribution in [1.29, 1.82) is 5.26 Å². The first-order chi connectivity index (χ1) is 9.53. The monoisotopic (exact) mass is 330 g/mol. The van der Waals surface area contributed by atoms with E-state index in [0.29, 0.717) is 20.8 Å². The Morgan fingerprint density at radius 3 is 2.65 bits per heavy atom. The molecule has 0 aromatic heterocycles. The summed E-state index contributed by atoms with van der Waals surface area (Å²) in [6, 6.07) is 6.78. The van der Waals surface area contributed by atoms with Crippen molar-refractivity contribution in [3.63, 3.8) is 0 Å². The van der Waals surface area contributed by atoms with Crippen LogP contribution in [0.2, 0.25) is 10.0 Å². The van der Waals surface area contributed by atoms with Crippen molar-refractivity contribution in [2.24, 2.45) is 0 Å². The van der Waals surface area contributed by atoms with Gasteiger partial charge in [0.05, 0.1) is 21.7 Å². The van der Waals surface area contributed by atoms with Crippen molar-refractivity contribution in [3.8, 4) is 6.07 Å². The van der Waals surface area contributed by atoms with Crippen molar-refractivity contribution in [2.45, 2.75) is 6.92 Å². The first kappa shape index (κ1) is 16.7. The fourth-order valence-electron chi connectivity index (χ4n) is 1.31. The molecule has 1 rings (SSSR count). The summed E-state index contributed by atoms with van der Waals surface area (Å²) in [5.41, 5.74) is 0.547. The highest BCUT2D eigenvalue weighted by Crippen LogP contribution is 2.28.